The molecule has 9 heteroatoms. The summed E-state index contributed by atoms with van der Waals surface area (Å²) >= 11 is 5.77. The third-order valence-corrected chi connectivity index (χ3v) is 6.23. The number of halogens is 1. The van der Waals surface area contributed by atoms with E-state index in [1.807, 2.05) is 6.07 Å². The van der Waals surface area contributed by atoms with Gasteiger partial charge < -0.3 is 30.0 Å². The van der Waals surface area contributed by atoms with Crippen LogP contribution in [-0.2, 0) is 4.79 Å². The number of anilines is 1. The van der Waals surface area contributed by atoms with E-state index in [1.54, 1.807) is 38.5 Å². The fourth-order valence-electron chi connectivity index (χ4n) is 4.00. The highest BCUT2D eigenvalue weighted by Crippen LogP contribution is 2.32. The molecule has 0 aliphatic carbocycles. The van der Waals surface area contributed by atoms with Crippen LogP contribution in [0.25, 0.3) is 6.08 Å². The highest BCUT2D eigenvalue weighted by atomic mass is 35.5. The molecule has 4 rings (SSSR count). The zero-order valence-electron chi connectivity index (χ0n) is 20.3. The second kappa shape index (κ2) is 13.2. The molecule has 190 valence electrons. The van der Waals surface area contributed by atoms with E-state index in [-0.39, 0.29) is 12.2 Å². The molecule has 2 aromatic rings. The lowest BCUT2D eigenvalue weighted by molar-refractivity contribution is -0.132. The summed E-state index contributed by atoms with van der Waals surface area (Å²) < 4.78 is 15.9. The van der Waals surface area contributed by atoms with Crippen molar-refractivity contribution >= 4 is 29.3 Å². The van der Waals surface area contributed by atoms with Gasteiger partial charge in [0, 0.05) is 48.5 Å². The number of carbonyl (C=O) groups is 1. The van der Waals surface area contributed by atoms with Crippen LogP contribution in [0, 0.1) is 0 Å². The van der Waals surface area contributed by atoms with Gasteiger partial charge in [-0.25, -0.2) is 4.79 Å². The normalized spacial score (nSPS) is 15.2. The quantitative estimate of drug-likeness (QED) is 0.525. The Balaban J connectivity index is 0.000000211. The Bertz CT molecular complexity index is 1020. The molecule has 2 aliphatic rings. The summed E-state index contributed by atoms with van der Waals surface area (Å²) in [7, 11) is 3.34. The van der Waals surface area contributed by atoms with Crippen LogP contribution in [0.5, 0.6) is 17.2 Å². The number of methoxy groups -OCH3 is 2. The van der Waals surface area contributed by atoms with E-state index in [0.29, 0.717) is 16.3 Å². The topological polar surface area (TPSA) is 97.5 Å². The van der Waals surface area contributed by atoms with Gasteiger partial charge in [-0.2, -0.15) is 0 Å². The Morgan fingerprint density at radius 3 is 2.46 bits per heavy atom. The monoisotopic (exact) mass is 503 g/mol. The fraction of sp³-hybridized carbons (Fsp3) is 0.423. The number of aliphatic carboxylic acids is 1. The minimum Gasteiger partial charge on any atom is -0.493 e. The van der Waals surface area contributed by atoms with E-state index in [2.05, 4.69) is 21.9 Å². The molecule has 0 unspecified atom stereocenters. The van der Waals surface area contributed by atoms with E-state index < -0.39 is 5.97 Å². The van der Waals surface area contributed by atoms with Crippen molar-refractivity contribution in [1.29, 1.82) is 0 Å². The van der Waals surface area contributed by atoms with Gasteiger partial charge in [-0.15, -0.1) is 0 Å². The molecule has 0 radical (unpaired) electrons. The first-order chi connectivity index (χ1) is 16.9. The van der Waals surface area contributed by atoms with Crippen LogP contribution < -0.4 is 24.8 Å². The second-order valence-electron chi connectivity index (χ2n) is 8.31. The third-order valence-electron chi connectivity index (χ3n) is 5.99. The number of carboxylic acid groups (broad SMARTS) is 1. The minimum absolute atomic E-state index is 0.101. The van der Waals surface area contributed by atoms with Gasteiger partial charge >= 0.3 is 5.97 Å². The minimum atomic E-state index is -0.962. The predicted molar refractivity (Wildman–Crippen MR) is 139 cm³/mol. The van der Waals surface area contributed by atoms with Crippen molar-refractivity contribution in [2.75, 3.05) is 65.0 Å². The van der Waals surface area contributed by atoms with Gasteiger partial charge in [0.2, 0.25) is 0 Å². The molecule has 3 N–H and O–H groups in total. The molecule has 0 bridgehead atoms. The van der Waals surface area contributed by atoms with E-state index in [1.165, 1.54) is 12.1 Å². The van der Waals surface area contributed by atoms with E-state index >= 15 is 0 Å². The number of ether oxygens (including phenoxy) is 3. The summed E-state index contributed by atoms with van der Waals surface area (Å²) in [6.45, 7) is 6.39. The standard InChI is InChI=1S/C16H27N3O2.C10H7ClO3/c1-20-15-6-5-14(13-16(15)21-2)19-11-9-18(10-12-19)8-4-3-7-17;11-8-1-2-9-6(4-8)3-7(5-14-9)10(12)13/h5-6,13H,3-4,7-12,17H2,1-2H3;1-4H,5H2,(H,12,13). The molecule has 0 spiro atoms. The summed E-state index contributed by atoms with van der Waals surface area (Å²) in [5, 5.41) is 9.32. The van der Waals surface area contributed by atoms with Crippen molar-refractivity contribution < 1.29 is 24.1 Å². The first-order valence-electron chi connectivity index (χ1n) is 11.7. The number of unbranched alkanes of at least 4 members (excludes halogenated alkanes) is 1. The van der Waals surface area contributed by atoms with Crippen LogP contribution in [0.15, 0.2) is 42.0 Å². The number of hydrogen-bond donors (Lipinski definition) is 2. The summed E-state index contributed by atoms with van der Waals surface area (Å²) in [4.78, 5) is 15.6. The Kier molecular flexibility index (Phi) is 10.1. The Labute approximate surface area is 211 Å². The van der Waals surface area contributed by atoms with E-state index in [0.717, 1.165) is 57.2 Å². The number of fused-ring (bicyclic) bond motifs is 1. The maximum atomic E-state index is 10.7. The summed E-state index contributed by atoms with van der Waals surface area (Å²) in [5.74, 6) is 1.28. The Hall–Kier alpha value is -2.94. The lowest BCUT2D eigenvalue weighted by atomic mass is 10.1. The van der Waals surface area contributed by atoms with Gasteiger partial charge in [0.15, 0.2) is 11.5 Å². The van der Waals surface area contributed by atoms with Gasteiger partial charge in [0.1, 0.15) is 12.4 Å². The summed E-state index contributed by atoms with van der Waals surface area (Å²) in [6, 6.07) is 11.3. The third kappa shape index (κ3) is 7.52. The fourth-order valence-corrected chi connectivity index (χ4v) is 4.18. The average Bonchev–Trinajstić information content (AvgIpc) is 2.88. The number of hydrogen-bond acceptors (Lipinski definition) is 7. The molecule has 2 heterocycles. The molecule has 0 aromatic heterocycles. The highest BCUT2D eigenvalue weighted by molar-refractivity contribution is 6.30. The molecule has 0 atom stereocenters. The molecule has 0 amide bonds. The number of benzene rings is 2. The molecule has 1 fully saturated rings. The molecule has 8 nitrogen and oxygen atoms in total. The van der Waals surface area contributed by atoms with Gasteiger partial charge in [0.05, 0.1) is 19.8 Å². The maximum Gasteiger partial charge on any atom is 0.335 e. The number of piperazine rings is 1. The largest absolute Gasteiger partial charge is 0.493 e. The Morgan fingerprint density at radius 2 is 1.80 bits per heavy atom. The van der Waals surface area contributed by atoms with Gasteiger partial charge in [-0.05, 0) is 62.3 Å². The predicted octanol–water partition coefficient (Wildman–Crippen LogP) is 3.77. The zero-order valence-corrected chi connectivity index (χ0v) is 21.1. The average molecular weight is 504 g/mol. The van der Waals surface area contributed by atoms with Crippen LogP contribution in [0.1, 0.15) is 18.4 Å². The number of carboxylic acids is 1. The van der Waals surface area contributed by atoms with Crippen molar-refractivity contribution in [2.45, 2.75) is 12.8 Å². The van der Waals surface area contributed by atoms with Gasteiger partial charge in [-0.1, -0.05) is 11.6 Å². The van der Waals surface area contributed by atoms with Crippen molar-refractivity contribution in [2.24, 2.45) is 5.73 Å². The second-order valence-corrected chi connectivity index (χ2v) is 8.75. The van der Waals surface area contributed by atoms with Crippen molar-refractivity contribution in [3.63, 3.8) is 0 Å². The van der Waals surface area contributed by atoms with Crippen LogP contribution in [0.3, 0.4) is 0 Å². The first-order valence-corrected chi connectivity index (χ1v) is 12.1. The van der Waals surface area contributed by atoms with Crippen molar-refractivity contribution in [3.05, 3.63) is 52.6 Å². The summed E-state index contributed by atoms with van der Waals surface area (Å²) in [5.41, 5.74) is 7.69. The lowest BCUT2D eigenvalue weighted by Gasteiger charge is -2.36. The van der Waals surface area contributed by atoms with Gasteiger partial charge in [-0.3, -0.25) is 4.90 Å². The van der Waals surface area contributed by atoms with Crippen LogP contribution >= 0.6 is 11.6 Å². The molecular formula is C26H34ClN3O5. The van der Waals surface area contributed by atoms with E-state index in [4.69, 9.17) is 36.7 Å². The van der Waals surface area contributed by atoms with E-state index in [9.17, 15) is 4.79 Å². The SMILES string of the molecule is COc1ccc(N2CCN(CCCCN)CC2)cc1OC.O=C(O)C1=Cc2cc(Cl)ccc2OC1. The van der Waals surface area contributed by atoms with Crippen molar-refractivity contribution in [1.82, 2.24) is 4.90 Å². The number of rotatable bonds is 8. The molecule has 2 aromatic carbocycles. The number of nitrogens with two attached hydrogens (primary N) is 1. The van der Waals surface area contributed by atoms with Gasteiger partial charge in [0.25, 0.3) is 0 Å². The number of nitrogens with zero attached hydrogens (tertiary/aromatic N) is 2. The molecule has 0 saturated carbocycles. The van der Waals surface area contributed by atoms with Crippen LogP contribution in [0.2, 0.25) is 5.02 Å². The summed E-state index contributed by atoms with van der Waals surface area (Å²) in [6.07, 6.45) is 3.90. The van der Waals surface area contributed by atoms with Crippen LogP contribution in [0.4, 0.5) is 5.69 Å². The zero-order chi connectivity index (χ0) is 25.2. The maximum absolute atomic E-state index is 10.7. The first kappa shape index (κ1) is 26.7. The van der Waals surface area contributed by atoms with Crippen LogP contribution in [-0.4, -0.2) is 76.1 Å². The molecular weight excluding hydrogens is 470 g/mol. The smallest absolute Gasteiger partial charge is 0.335 e. The Morgan fingerprint density at radius 1 is 1.06 bits per heavy atom. The highest BCUT2D eigenvalue weighted by Gasteiger charge is 2.18. The van der Waals surface area contributed by atoms with Crippen molar-refractivity contribution in [3.8, 4) is 17.2 Å². The molecule has 35 heavy (non-hydrogen) atoms. The molecule has 1 saturated heterocycles. The molecule has 2 aliphatic heterocycles. The lowest BCUT2D eigenvalue weighted by Crippen LogP contribution is -2.46.